The molecule has 0 fully saturated rings. The van der Waals surface area contributed by atoms with E-state index in [0.717, 1.165) is 16.8 Å². The molecule has 0 atom stereocenters. The van der Waals surface area contributed by atoms with E-state index in [4.69, 9.17) is 21.1 Å². The number of anilines is 2. The number of nitrogens with one attached hydrogen (secondary N) is 1. The number of halogens is 1. The third-order valence-electron chi connectivity index (χ3n) is 5.10. The van der Waals surface area contributed by atoms with E-state index in [-0.39, 0.29) is 18.4 Å². The van der Waals surface area contributed by atoms with Crippen LogP contribution in [0.1, 0.15) is 11.1 Å². The van der Waals surface area contributed by atoms with Gasteiger partial charge in [0.1, 0.15) is 0 Å². The predicted octanol–water partition coefficient (Wildman–Crippen LogP) is 4.88. The first-order chi connectivity index (χ1) is 15.5. The summed E-state index contributed by atoms with van der Waals surface area (Å²) in [6.45, 7) is -0.210. The van der Waals surface area contributed by atoms with Crippen LogP contribution in [-0.2, 0) is 9.59 Å². The number of para-hydroxylation sites is 2. The van der Waals surface area contributed by atoms with Crippen molar-refractivity contribution < 1.29 is 19.1 Å². The lowest BCUT2D eigenvalue weighted by atomic mass is 10.0. The van der Waals surface area contributed by atoms with Gasteiger partial charge >= 0.3 is 0 Å². The molecule has 0 saturated heterocycles. The summed E-state index contributed by atoms with van der Waals surface area (Å²) in [6.07, 6.45) is 1.82. The second-order valence-electron chi connectivity index (χ2n) is 7.17. The summed E-state index contributed by atoms with van der Waals surface area (Å²) >= 11 is 6.06. The molecule has 3 aromatic carbocycles. The molecule has 1 N–H and O–H groups in total. The summed E-state index contributed by atoms with van der Waals surface area (Å²) < 4.78 is 11.1. The molecule has 0 aliphatic carbocycles. The van der Waals surface area contributed by atoms with Crippen molar-refractivity contribution >= 4 is 46.4 Å². The molecular formula is C25H21ClN2O4. The molecule has 1 heterocycles. The fourth-order valence-electron chi connectivity index (χ4n) is 3.49. The van der Waals surface area contributed by atoms with Crippen LogP contribution >= 0.6 is 11.6 Å². The standard InChI is InChI=1S/C25H21ClN2O4/c1-28-21-10-6-3-7-17(21)18(25(28)30)13-16-11-12-22(23(14-16)31-2)32-15-24(29)27-20-9-5-4-8-19(20)26/h3-14H,15H2,1-2H3,(H,27,29)/b18-13+. The molecule has 1 aliphatic rings. The maximum absolute atomic E-state index is 12.7. The quantitative estimate of drug-likeness (QED) is 0.545. The number of amides is 2. The van der Waals surface area contributed by atoms with Crippen LogP contribution in [0.15, 0.2) is 66.7 Å². The maximum Gasteiger partial charge on any atom is 0.262 e. The van der Waals surface area contributed by atoms with E-state index in [1.54, 1.807) is 48.3 Å². The zero-order valence-electron chi connectivity index (χ0n) is 17.6. The van der Waals surface area contributed by atoms with Gasteiger partial charge in [0.25, 0.3) is 11.8 Å². The van der Waals surface area contributed by atoms with Crippen LogP contribution in [0.2, 0.25) is 5.02 Å². The molecule has 0 radical (unpaired) electrons. The minimum atomic E-state index is -0.345. The highest BCUT2D eigenvalue weighted by molar-refractivity contribution is 6.35. The SMILES string of the molecule is COc1cc(/C=C2/C(=O)N(C)c3ccccc32)ccc1OCC(=O)Nc1ccccc1Cl. The number of fused-ring (bicyclic) bond motifs is 1. The van der Waals surface area contributed by atoms with Crippen LogP contribution < -0.4 is 19.7 Å². The summed E-state index contributed by atoms with van der Waals surface area (Å²) in [5.41, 5.74) is 3.67. The number of hydrogen-bond acceptors (Lipinski definition) is 4. The number of benzene rings is 3. The number of likely N-dealkylation sites (N-methyl/N-ethyl adjacent to an activating group) is 1. The molecule has 32 heavy (non-hydrogen) atoms. The highest BCUT2D eigenvalue weighted by atomic mass is 35.5. The lowest BCUT2D eigenvalue weighted by Gasteiger charge is -2.12. The number of methoxy groups -OCH3 is 1. The Kier molecular flexibility index (Phi) is 6.14. The number of hydrogen-bond donors (Lipinski definition) is 1. The molecule has 0 bridgehead atoms. The Hall–Kier alpha value is -3.77. The highest BCUT2D eigenvalue weighted by Crippen LogP contribution is 2.37. The number of rotatable bonds is 6. The van der Waals surface area contributed by atoms with Gasteiger partial charge < -0.3 is 19.7 Å². The van der Waals surface area contributed by atoms with Crippen molar-refractivity contribution in [3.8, 4) is 11.5 Å². The van der Waals surface area contributed by atoms with E-state index < -0.39 is 0 Å². The van der Waals surface area contributed by atoms with Crippen molar-refractivity contribution in [2.45, 2.75) is 0 Å². The van der Waals surface area contributed by atoms with Crippen LogP contribution in [0.4, 0.5) is 11.4 Å². The van der Waals surface area contributed by atoms with E-state index in [0.29, 0.717) is 27.8 Å². The van der Waals surface area contributed by atoms with Gasteiger partial charge in [-0.2, -0.15) is 0 Å². The van der Waals surface area contributed by atoms with Crippen LogP contribution in [0, 0.1) is 0 Å². The maximum atomic E-state index is 12.7. The molecule has 0 saturated carbocycles. The van der Waals surface area contributed by atoms with Gasteiger partial charge in [-0.25, -0.2) is 0 Å². The van der Waals surface area contributed by atoms with Crippen molar-refractivity contribution in [2.24, 2.45) is 0 Å². The third kappa shape index (κ3) is 4.31. The number of carbonyl (C=O) groups is 2. The predicted molar refractivity (Wildman–Crippen MR) is 126 cm³/mol. The fourth-order valence-corrected chi connectivity index (χ4v) is 3.67. The second-order valence-corrected chi connectivity index (χ2v) is 7.57. The van der Waals surface area contributed by atoms with E-state index in [1.807, 2.05) is 36.4 Å². The Balaban J connectivity index is 1.50. The Morgan fingerprint density at radius 3 is 2.59 bits per heavy atom. The first-order valence-corrected chi connectivity index (χ1v) is 10.3. The fraction of sp³-hybridized carbons (Fsp3) is 0.120. The summed E-state index contributed by atoms with van der Waals surface area (Å²) in [6, 6.07) is 19.9. The zero-order chi connectivity index (χ0) is 22.7. The Labute approximate surface area is 191 Å². The smallest absolute Gasteiger partial charge is 0.262 e. The van der Waals surface area contributed by atoms with Crippen molar-refractivity contribution in [2.75, 3.05) is 31.0 Å². The normalized spacial score (nSPS) is 13.8. The van der Waals surface area contributed by atoms with Gasteiger partial charge in [-0.05, 0) is 42.0 Å². The average molecular weight is 449 g/mol. The number of carbonyl (C=O) groups excluding carboxylic acids is 2. The Morgan fingerprint density at radius 2 is 1.81 bits per heavy atom. The minimum Gasteiger partial charge on any atom is -0.493 e. The number of nitrogens with zero attached hydrogens (tertiary/aromatic N) is 1. The van der Waals surface area contributed by atoms with Gasteiger partial charge in [-0.1, -0.05) is 48.0 Å². The van der Waals surface area contributed by atoms with Crippen molar-refractivity contribution in [1.29, 1.82) is 0 Å². The molecule has 2 amide bonds. The molecule has 1 aliphatic heterocycles. The summed E-state index contributed by atoms with van der Waals surface area (Å²) in [4.78, 5) is 26.6. The van der Waals surface area contributed by atoms with Gasteiger partial charge in [-0.3, -0.25) is 9.59 Å². The van der Waals surface area contributed by atoms with Crippen molar-refractivity contribution in [3.05, 3.63) is 82.9 Å². The third-order valence-corrected chi connectivity index (χ3v) is 5.43. The Morgan fingerprint density at radius 1 is 1.06 bits per heavy atom. The van der Waals surface area contributed by atoms with Crippen LogP contribution in [0.3, 0.4) is 0 Å². The molecule has 0 unspecified atom stereocenters. The highest BCUT2D eigenvalue weighted by Gasteiger charge is 2.29. The monoisotopic (exact) mass is 448 g/mol. The zero-order valence-corrected chi connectivity index (χ0v) is 18.3. The van der Waals surface area contributed by atoms with Crippen LogP contribution in [0.5, 0.6) is 11.5 Å². The minimum absolute atomic E-state index is 0.0678. The van der Waals surface area contributed by atoms with Crippen molar-refractivity contribution in [1.82, 2.24) is 0 Å². The summed E-state index contributed by atoms with van der Waals surface area (Å²) in [5, 5.41) is 3.16. The van der Waals surface area contributed by atoms with Gasteiger partial charge in [0, 0.05) is 18.2 Å². The summed E-state index contributed by atoms with van der Waals surface area (Å²) in [7, 11) is 3.28. The summed E-state index contributed by atoms with van der Waals surface area (Å²) in [5.74, 6) is 0.459. The first kappa shape index (κ1) is 21.5. The van der Waals surface area contributed by atoms with Gasteiger partial charge in [0.2, 0.25) is 0 Å². The lowest BCUT2D eigenvalue weighted by molar-refractivity contribution is -0.118. The van der Waals surface area contributed by atoms with Crippen LogP contribution in [-0.4, -0.2) is 32.6 Å². The Bertz CT molecular complexity index is 1220. The molecule has 3 aromatic rings. The topological polar surface area (TPSA) is 67.9 Å². The molecule has 7 heteroatoms. The van der Waals surface area contributed by atoms with E-state index in [1.165, 1.54) is 7.11 Å². The van der Waals surface area contributed by atoms with E-state index in [2.05, 4.69) is 5.32 Å². The lowest BCUT2D eigenvalue weighted by Crippen LogP contribution is -2.20. The van der Waals surface area contributed by atoms with Crippen LogP contribution in [0.25, 0.3) is 11.6 Å². The van der Waals surface area contributed by atoms with Crippen molar-refractivity contribution in [3.63, 3.8) is 0 Å². The molecule has 0 spiro atoms. The number of ether oxygens (including phenoxy) is 2. The first-order valence-electron chi connectivity index (χ1n) is 9.92. The van der Waals surface area contributed by atoms with Gasteiger partial charge in [0.15, 0.2) is 18.1 Å². The van der Waals surface area contributed by atoms with E-state index in [9.17, 15) is 9.59 Å². The van der Waals surface area contributed by atoms with Gasteiger partial charge in [-0.15, -0.1) is 0 Å². The van der Waals surface area contributed by atoms with Gasteiger partial charge in [0.05, 0.1) is 23.5 Å². The molecular weight excluding hydrogens is 428 g/mol. The molecule has 162 valence electrons. The second kappa shape index (κ2) is 9.16. The average Bonchev–Trinajstić information content (AvgIpc) is 3.04. The molecule has 6 nitrogen and oxygen atoms in total. The molecule has 0 aromatic heterocycles. The largest absolute Gasteiger partial charge is 0.493 e. The van der Waals surface area contributed by atoms with E-state index >= 15 is 0 Å². The molecule has 4 rings (SSSR count).